The van der Waals surface area contributed by atoms with Gasteiger partial charge in [0.2, 0.25) is 5.91 Å². The molecule has 1 atom stereocenters. The predicted octanol–water partition coefficient (Wildman–Crippen LogP) is 2.21. The second kappa shape index (κ2) is 8.51. The number of nitrogens with zero attached hydrogens (tertiary/aromatic N) is 2. The highest BCUT2D eigenvalue weighted by Crippen LogP contribution is 2.28. The lowest BCUT2D eigenvalue weighted by atomic mass is 9.86. The van der Waals surface area contributed by atoms with Crippen LogP contribution in [0.5, 0.6) is 0 Å². The van der Waals surface area contributed by atoms with Crippen LogP contribution in [0, 0.1) is 17.0 Å². The Morgan fingerprint density at radius 1 is 1.27 bits per heavy atom. The Kier molecular flexibility index (Phi) is 6.21. The van der Waals surface area contributed by atoms with Gasteiger partial charge in [-0.25, -0.2) is 13.8 Å². The molecule has 3 rings (SSSR count). The van der Waals surface area contributed by atoms with Gasteiger partial charge in [-0.2, -0.15) is 0 Å². The number of aromatic nitrogens is 2. The average Bonchev–Trinajstić information content (AvgIpc) is 2.87. The van der Waals surface area contributed by atoms with E-state index < -0.39 is 29.0 Å². The fourth-order valence-electron chi connectivity index (χ4n) is 3.55. The summed E-state index contributed by atoms with van der Waals surface area (Å²) in [5.41, 5.74) is 0.132. The molecule has 3 N–H and O–H groups in total. The normalized spacial score (nSPS) is 15.1. The van der Waals surface area contributed by atoms with Crippen LogP contribution in [0.2, 0.25) is 0 Å². The third-order valence-electron chi connectivity index (χ3n) is 5.13. The van der Waals surface area contributed by atoms with Gasteiger partial charge in [-0.05, 0) is 36.6 Å². The maximum absolute atomic E-state index is 14.5. The minimum absolute atomic E-state index is 0.00382. The lowest BCUT2D eigenvalue weighted by Crippen LogP contribution is -2.53. The smallest absolute Gasteiger partial charge is 0.272 e. The van der Waals surface area contributed by atoms with Gasteiger partial charge >= 0.3 is 0 Å². The Balaban J connectivity index is 2.07. The second-order valence-corrected chi connectivity index (χ2v) is 8.42. The van der Waals surface area contributed by atoms with Crippen molar-refractivity contribution in [3.8, 4) is 11.4 Å². The van der Waals surface area contributed by atoms with Gasteiger partial charge in [0.1, 0.15) is 23.5 Å². The highest BCUT2D eigenvalue weighted by Gasteiger charge is 2.34. The third kappa shape index (κ3) is 4.35. The molecule has 0 saturated carbocycles. The van der Waals surface area contributed by atoms with E-state index in [0.717, 1.165) is 31.2 Å². The lowest BCUT2D eigenvalue weighted by molar-refractivity contribution is -0.124. The summed E-state index contributed by atoms with van der Waals surface area (Å²) in [5, 5.41) is 8.54. The number of nitrogens with one attached hydrogen (secondary N) is 3. The highest BCUT2D eigenvalue weighted by atomic mass is 19.1. The zero-order valence-electron chi connectivity index (χ0n) is 17.6. The molecule has 162 valence electrons. The SMILES string of the molecule is CNC(=O)C(NC(=O)c1nc(-c2cc(F)ccc2F)n2c1CNCCC2)C(C)(C)C. The number of hydrogen-bond acceptors (Lipinski definition) is 4. The van der Waals surface area contributed by atoms with Crippen molar-refractivity contribution >= 4 is 11.8 Å². The van der Waals surface area contributed by atoms with Gasteiger partial charge in [0.25, 0.3) is 5.91 Å². The van der Waals surface area contributed by atoms with Crippen LogP contribution < -0.4 is 16.0 Å². The summed E-state index contributed by atoms with van der Waals surface area (Å²) in [4.78, 5) is 29.9. The summed E-state index contributed by atoms with van der Waals surface area (Å²) in [6.45, 7) is 7.11. The first kappa shape index (κ1) is 21.9. The van der Waals surface area contributed by atoms with Crippen molar-refractivity contribution in [2.24, 2.45) is 5.41 Å². The number of fused-ring (bicyclic) bond motifs is 1. The average molecular weight is 419 g/mol. The van der Waals surface area contributed by atoms with Crippen molar-refractivity contribution in [1.82, 2.24) is 25.5 Å². The molecule has 1 aromatic carbocycles. The Labute approximate surface area is 174 Å². The largest absolute Gasteiger partial charge is 0.357 e. The van der Waals surface area contributed by atoms with Gasteiger partial charge in [0.15, 0.2) is 5.69 Å². The van der Waals surface area contributed by atoms with Gasteiger partial charge in [-0.3, -0.25) is 9.59 Å². The van der Waals surface area contributed by atoms with Crippen molar-refractivity contribution in [2.75, 3.05) is 13.6 Å². The summed E-state index contributed by atoms with van der Waals surface area (Å²) >= 11 is 0. The molecule has 0 aliphatic carbocycles. The van der Waals surface area contributed by atoms with Crippen LogP contribution in [0.25, 0.3) is 11.4 Å². The van der Waals surface area contributed by atoms with Crippen LogP contribution in [-0.4, -0.2) is 41.0 Å². The summed E-state index contributed by atoms with van der Waals surface area (Å²) < 4.78 is 30.0. The van der Waals surface area contributed by atoms with Crippen molar-refractivity contribution in [1.29, 1.82) is 0 Å². The Hall–Kier alpha value is -2.81. The van der Waals surface area contributed by atoms with E-state index in [9.17, 15) is 18.4 Å². The summed E-state index contributed by atoms with van der Waals surface area (Å²) in [6, 6.07) is 2.37. The molecular weight excluding hydrogens is 392 g/mol. The van der Waals surface area contributed by atoms with Gasteiger partial charge in [0, 0.05) is 20.1 Å². The maximum atomic E-state index is 14.5. The van der Waals surface area contributed by atoms with Crippen LogP contribution in [0.3, 0.4) is 0 Å². The number of amides is 2. The van der Waals surface area contributed by atoms with Crippen LogP contribution in [-0.2, 0) is 17.9 Å². The first-order valence-electron chi connectivity index (χ1n) is 9.91. The second-order valence-electron chi connectivity index (χ2n) is 8.42. The molecule has 30 heavy (non-hydrogen) atoms. The van der Waals surface area contributed by atoms with Crippen LogP contribution >= 0.6 is 0 Å². The van der Waals surface area contributed by atoms with E-state index in [1.165, 1.54) is 7.05 Å². The van der Waals surface area contributed by atoms with Gasteiger partial charge in [-0.15, -0.1) is 0 Å². The number of imidazole rings is 1. The first-order valence-corrected chi connectivity index (χ1v) is 9.91. The topological polar surface area (TPSA) is 88.1 Å². The van der Waals surface area contributed by atoms with Crippen molar-refractivity contribution < 1.29 is 18.4 Å². The number of carbonyl (C=O) groups excluding carboxylic acids is 2. The first-order chi connectivity index (χ1) is 14.1. The quantitative estimate of drug-likeness (QED) is 0.709. The minimum Gasteiger partial charge on any atom is -0.357 e. The molecule has 1 aliphatic rings. The molecule has 0 radical (unpaired) electrons. The van der Waals surface area contributed by atoms with E-state index in [4.69, 9.17) is 0 Å². The molecule has 7 nitrogen and oxygen atoms in total. The summed E-state index contributed by atoms with van der Waals surface area (Å²) in [7, 11) is 1.50. The summed E-state index contributed by atoms with van der Waals surface area (Å²) in [5.74, 6) is -1.87. The van der Waals surface area contributed by atoms with Crippen molar-refractivity contribution in [3.63, 3.8) is 0 Å². The van der Waals surface area contributed by atoms with E-state index in [-0.39, 0.29) is 23.0 Å². The molecule has 1 unspecified atom stereocenters. The molecule has 1 aromatic heterocycles. The number of halogens is 2. The Morgan fingerprint density at radius 3 is 2.67 bits per heavy atom. The maximum Gasteiger partial charge on any atom is 0.272 e. The number of benzene rings is 1. The summed E-state index contributed by atoms with van der Waals surface area (Å²) in [6.07, 6.45) is 0.747. The molecule has 2 heterocycles. The van der Waals surface area contributed by atoms with Crippen molar-refractivity contribution in [3.05, 3.63) is 41.2 Å². The molecule has 2 aromatic rings. The van der Waals surface area contributed by atoms with Crippen LogP contribution in [0.4, 0.5) is 8.78 Å². The molecular formula is C21H27F2N5O2. The zero-order valence-corrected chi connectivity index (χ0v) is 17.6. The standard InChI is InChI=1S/C21H27F2N5O2/c1-21(2,3)17(20(30)24-4)27-19(29)16-15-11-25-8-5-9-28(15)18(26-16)13-10-12(22)6-7-14(13)23/h6-7,10,17,25H,5,8-9,11H2,1-4H3,(H,24,30)(H,27,29). The molecule has 2 amide bonds. The third-order valence-corrected chi connectivity index (χ3v) is 5.13. The van der Waals surface area contributed by atoms with Crippen molar-refractivity contribution in [2.45, 2.75) is 46.3 Å². The fourth-order valence-corrected chi connectivity index (χ4v) is 3.55. The monoisotopic (exact) mass is 419 g/mol. The van der Waals surface area contributed by atoms with Crippen LogP contribution in [0.1, 0.15) is 43.4 Å². The molecule has 0 bridgehead atoms. The molecule has 0 fully saturated rings. The van der Waals surface area contributed by atoms with E-state index in [1.807, 2.05) is 20.8 Å². The van der Waals surface area contributed by atoms with Gasteiger partial charge in [-0.1, -0.05) is 20.8 Å². The lowest BCUT2D eigenvalue weighted by Gasteiger charge is -2.29. The predicted molar refractivity (Wildman–Crippen MR) is 109 cm³/mol. The minimum atomic E-state index is -0.791. The number of likely N-dealkylation sites (N-methyl/N-ethyl adjacent to an activating group) is 1. The molecule has 0 saturated heterocycles. The van der Waals surface area contributed by atoms with Gasteiger partial charge < -0.3 is 20.5 Å². The fraction of sp³-hybridized carbons (Fsp3) is 0.476. The Bertz CT molecular complexity index is 965. The number of rotatable bonds is 4. The zero-order chi connectivity index (χ0) is 22.1. The van der Waals surface area contributed by atoms with E-state index >= 15 is 0 Å². The Morgan fingerprint density at radius 2 is 2.00 bits per heavy atom. The van der Waals surface area contributed by atoms with E-state index in [2.05, 4.69) is 20.9 Å². The van der Waals surface area contributed by atoms with Crippen LogP contribution in [0.15, 0.2) is 18.2 Å². The molecule has 1 aliphatic heterocycles. The number of hydrogen-bond donors (Lipinski definition) is 3. The van der Waals surface area contributed by atoms with E-state index in [1.54, 1.807) is 4.57 Å². The molecule has 0 spiro atoms. The number of carbonyl (C=O) groups is 2. The van der Waals surface area contributed by atoms with Gasteiger partial charge in [0.05, 0.1) is 11.3 Å². The molecule has 9 heteroatoms. The van der Waals surface area contributed by atoms with E-state index in [0.29, 0.717) is 18.8 Å². The highest BCUT2D eigenvalue weighted by molar-refractivity contribution is 5.97.